The summed E-state index contributed by atoms with van der Waals surface area (Å²) in [5.74, 6) is -0.248. The molecule has 8 heteroatoms. The minimum absolute atomic E-state index is 0.0192. The Labute approximate surface area is 114 Å². The lowest BCUT2D eigenvalue weighted by atomic mass is 10.2. The lowest BCUT2D eigenvalue weighted by molar-refractivity contribution is -0.104. The molecule has 0 saturated heterocycles. The molecule has 0 heterocycles. The second-order valence-corrected chi connectivity index (χ2v) is 4.78. The van der Waals surface area contributed by atoms with E-state index in [0.717, 1.165) is 0 Å². The van der Waals surface area contributed by atoms with E-state index in [1.54, 1.807) is 18.2 Å². The van der Waals surface area contributed by atoms with Crippen LogP contribution >= 0.6 is 23.4 Å². The highest BCUT2D eigenvalue weighted by atomic mass is 35.5. The molecule has 0 saturated carbocycles. The maximum Gasteiger partial charge on any atom is 0.428 e. The Morgan fingerprint density at radius 2 is 1.47 bits per heavy atom. The summed E-state index contributed by atoms with van der Waals surface area (Å²) >= 11 is 4.81. The third-order valence-corrected chi connectivity index (χ3v) is 3.65. The summed E-state index contributed by atoms with van der Waals surface area (Å²) in [6.07, 6.45) is -10.3. The third kappa shape index (κ3) is 4.99. The summed E-state index contributed by atoms with van der Waals surface area (Å²) in [6.45, 7) is 0. The fourth-order valence-electron chi connectivity index (χ4n) is 1.13. The molecule has 0 aliphatic rings. The molecule has 0 spiro atoms. The van der Waals surface area contributed by atoms with Crippen LogP contribution in [0.2, 0.25) is 0 Å². The SMILES string of the molecule is FC(F)(F)/C(Cl)=C(/SCc1ccccc1)C(F)(F)F. The largest absolute Gasteiger partial charge is 0.428 e. The van der Waals surface area contributed by atoms with Gasteiger partial charge in [-0.15, -0.1) is 11.8 Å². The number of thioether (sulfide) groups is 1. The number of hydrogen-bond acceptors (Lipinski definition) is 1. The standard InChI is InChI=1S/C11H7ClF6S/c12-8(10(13,14)15)9(11(16,17)18)19-6-7-4-2-1-3-5-7/h1-5H,6H2/b9-8-. The van der Waals surface area contributed by atoms with Crippen molar-refractivity contribution in [1.82, 2.24) is 0 Å². The van der Waals surface area contributed by atoms with E-state index in [2.05, 4.69) is 0 Å². The van der Waals surface area contributed by atoms with E-state index in [1.807, 2.05) is 0 Å². The number of halogens is 7. The van der Waals surface area contributed by atoms with Gasteiger partial charge in [-0.05, 0) is 5.56 Å². The molecule has 0 N–H and O–H groups in total. The second-order valence-electron chi connectivity index (χ2n) is 3.41. The molecule has 0 amide bonds. The molecule has 0 atom stereocenters. The summed E-state index contributed by atoms with van der Waals surface area (Å²) in [4.78, 5) is -1.83. The lowest BCUT2D eigenvalue weighted by Crippen LogP contribution is -2.18. The van der Waals surface area contributed by atoms with Crippen molar-refractivity contribution in [3.63, 3.8) is 0 Å². The van der Waals surface area contributed by atoms with Gasteiger partial charge < -0.3 is 0 Å². The van der Waals surface area contributed by atoms with Gasteiger partial charge in [-0.25, -0.2) is 0 Å². The van der Waals surface area contributed by atoms with Crippen LogP contribution in [0.4, 0.5) is 26.3 Å². The summed E-state index contributed by atoms with van der Waals surface area (Å²) in [5, 5.41) is -2.14. The van der Waals surface area contributed by atoms with Gasteiger partial charge >= 0.3 is 12.4 Å². The zero-order chi connectivity index (χ0) is 14.7. The van der Waals surface area contributed by atoms with Gasteiger partial charge in [0, 0.05) is 5.75 Å². The highest BCUT2D eigenvalue weighted by Crippen LogP contribution is 2.44. The Morgan fingerprint density at radius 3 is 1.89 bits per heavy atom. The van der Waals surface area contributed by atoms with E-state index in [1.165, 1.54) is 12.1 Å². The molecule has 106 valence electrons. The smallest absolute Gasteiger partial charge is 0.166 e. The normalized spacial score (nSPS) is 14.3. The van der Waals surface area contributed by atoms with Crippen molar-refractivity contribution < 1.29 is 26.3 Å². The van der Waals surface area contributed by atoms with Crippen molar-refractivity contribution in [2.75, 3.05) is 0 Å². The average molecular weight is 321 g/mol. The van der Waals surface area contributed by atoms with Crippen LogP contribution in [0.5, 0.6) is 0 Å². The minimum atomic E-state index is -5.21. The van der Waals surface area contributed by atoms with Crippen molar-refractivity contribution in [3.8, 4) is 0 Å². The van der Waals surface area contributed by atoms with Gasteiger partial charge in [0.2, 0.25) is 0 Å². The van der Waals surface area contributed by atoms with Gasteiger partial charge in [0.1, 0.15) is 9.94 Å². The summed E-state index contributed by atoms with van der Waals surface area (Å²) in [7, 11) is 0. The molecule has 1 aromatic rings. The summed E-state index contributed by atoms with van der Waals surface area (Å²) < 4.78 is 74.4. The molecule has 0 aromatic heterocycles. The van der Waals surface area contributed by atoms with E-state index in [-0.39, 0.29) is 17.5 Å². The Kier molecular flexibility index (Phi) is 5.20. The number of rotatable bonds is 3. The van der Waals surface area contributed by atoms with Gasteiger partial charge in [0.25, 0.3) is 0 Å². The van der Waals surface area contributed by atoms with Crippen molar-refractivity contribution >= 4 is 23.4 Å². The Bertz CT molecular complexity index is 448. The molecule has 0 nitrogen and oxygen atoms in total. The predicted molar refractivity (Wildman–Crippen MR) is 62.7 cm³/mol. The molecule has 0 unspecified atom stereocenters. The van der Waals surface area contributed by atoms with Gasteiger partial charge in [-0.1, -0.05) is 41.9 Å². The zero-order valence-electron chi connectivity index (χ0n) is 9.15. The van der Waals surface area contributed by atoms with Gasteiger partial charge in [-0.2, -0.15) is 26.3 Å². The first-order chi connectivity index (χ1) is 8.62. The van der Waals surface area contributed by atoms with Crippen LogP contribution in [-0.4, -0.2) is 12.4 Å². The lowest BCUT2D eigenvalue weighted by Gasteiger charge is -2.15. The number of allylic oxidation sites excluding steroid dienone is 2. The monoisotopic (exact) mass is 320 g/mol. The van der Waals surface area contributed by atoms with Crippen LogP contribution in [0.3, 0.4) is 0 Å². The Morgan fingerprint density at radius 1 is 0.947 bits per heavy atom. The average Bonchev–Trinajstić information content (AvgIpc) is 2.27. The van der Waals surface area contributed by atoms with Crippen molar-refractivity contribution in [3.05, 3.63) is 45.8 Å². The van der Waals surface area contributed by atoms with Crippen LogP contribution in [-0.2, 0) is 5.75 Å². The molecule has 1 rings (SSSR count). The highest BCUT2D eigenvalue weighted by molar-refractivity contribution is 8.02. The topological polar surface area (TPSA) is 0 Å². The maximum atomic E-state index is 12.5. The highest BCUT2D eigenvalue weighted by Gasteiger charge is 2.45. The zero-order valence-corrected chi connectivity index (χ0v) is 10.7. The van der Waals surface area contributed by atoms with Crippen molar-refractivity contribution in [2.45, 2.75) is 18.1 Å². The van der Waals surface area contributed by atoms with Crippen molar-refractivity contribution in [2.24, 2.45) is 0 Å². The van der Waals surface area contributed by atoms with Crippen LogP contribution in [0.25, 0.3) is 0 Å². The van der Waals surface area contributed by atoms with Crippen molar-refractivity contribution in [1.29, 1.82) is 0 Å². The second kappa shape index (κ2) is 6.09. The van der Waals surface area contributed by atoms with E-state index in [4.69, 9.17) is 11.6 Å². The van der Waals surface area contributed by atoms with E-state index < -0.39 is 22.3 Å². The molecule has 1 aromatic carbocycles. The molecule has 0 fully saturated rings. The fraction of sp³-hybridized carbons (Fsp3) is 0.273. The molecule has 0 aliphatic carbocycles. The first-order valence-electron chi connectivity index (χ1n) is 4.83. The molecule has 0 aliphatic heterocycles. The molecule has 0 bridgehead atoms. The number of benzene rings is 1. The van der Waals surface area contributed by atoms with Crippen LogP contribution in [0, 0.1) is 0 Å². The van der Waals surface area contributed by atoms with Gasteiger partial charge in [-0.3, -0.25) is 0 Å². The minimum Gasteiger partial charge on any atom is -0.166 e. The van der Waals surface area contributed by atoms with Crippen LogP contribution in [0.15, 0.2) is 40.3 Å². The third-order valence-electron chi connectivity index (χ3n) is 1.93. The van der Waals surface area contributed by atoms with E-state index >= 15 is 0 Å². The van der Waals surface area contributed by atoms with E-state index in [0.29, 0.717) is 5.56 Å². The number of hydrogen-bond donors (Lipinski definition) is 0. The van der Waals surface area contributed by atoms with Gasteiger partial charge in [0.05, 0.1) is 0 Å². The first kappa shape index (κ1) is 16.2. The fourth-order valence-corrected chi connectivity index (χ4v) is 2.31. The number of alkyl halides is 6. The predicted octanol–water partition coefficient (Wildman–Crippen LogP) is 5.49. The molecular weight excluding hydrogens is 314 g/mol. The molecular formula is C11H7ClF6S. The quantitative estimate of drug-likeness (QED) is 0.663. The van der Waals surface area contributed by atoms with Crippen LogP contribution in [0.1, 0.15) is 5.56 Å². The molecule has 0 radical (unpaired) electrons. The Hall–Kier alpha value is -0.820. The first-order valence-corrected chi connectivity index (χ1v) is 6.19. The maximum absolute atomic E-state index is 12.5. The summed E-state index contributed by atoms with van der Waals surface area (Å²) in [5.41, 5.74) is 0.473. The van der Waals surface area contributed by atoms with Gasteiger partial charge in [0.15, 0.2) is 0 Å². The molecule has 19 heavy (non-hydrogen) atoms. The Balaban J connectivity index is 2.96. The van der Waals surface area contributed by atoms with E-state index in [9.17, 15) is 26.3 Å². The summed E-state index contributed by atoms with van der Waals surface area (Å²) in [6, 6.07) is 7.85. The van der Waals surface area contributed by atoms with Crippen LogP contribution < -0.4 is 0 Å².